The normalized spacial score (nSPS) is 18.6. The molecule has 1 atom stereocenters. The first-order chi connectivity index (χ1) is 8.30. The van der Waals surface area contributed by atoms with Crippen LogP contribution in [0.1, 0.15) is 5.56 Å². The van der Waals surface area contributed by atoms with Crippen molar-refractivity contribution in [2.75, 3.05) is 0 Å². The van der Waals surface area contributed by atoms with Gasteiger partial charge in [0.2, 0.25) is 6.10 Å². The van der Waals surface area contributed by atoms with Crippen LogP contribution in [0.25, 0.3) is 6.08 Å². The van der Waals surface area contributed by atoms with E-state index in [0.29, 0.717) is 0 Å². The number of phenols is 1. The largest absolute Gasteiger partial charge is 0.504 e. The summed E-state index contributed by atoms with van der Waals surface area (Å²) in [4.78, 5) is 10.8. The number of rotatable bonds is 1. The molecule has 2 N–H and O–H groups in total. The highest BCUT2D eigenvalue weighted by Crippen LogP contribution is 2.41. The van der Waals surface area contributed by atoms with Crippen LogP contribution in [0.2, 0.25) is 0 Å². The number of hydrogen-bond acceptors (Lipinski definition) is 3. The highest BCUT2D eigenvalue weighted by atomic mass is 19.4. The molecule has 0 radical (unpaired) electrons. The number of aliphatic carboxylic acids is 1. The monoisotopic (exact) mass is 260 g/mol. The lowest BCUT2D eigenvalue weighted by Crippen LogP contribution is -2.40. The van der Waals surface area contributed by atoms with Crippen molar-refractivity contribution < 1.29 is 32.9 Å². The smallest absolute Gasteiger partial charge is 0.430 e. The summed E-state index contributed by atoms with van der Waals surface area (Å²) in [7, 11) is 0. The van der Waals surface area contributed by atoms with Gasteiger partial charge in [0, 0.05) is 5.56 Å². The van der Waals surface area contributed by atoms with Gasteiger partial charge >= 0.3 is 12.1 Å². The Morgan fingerprint density at radius 3 is 2.56 bits per heavy atom. The van der Waals surface area contributed by atoms with Crippen LogP contribution in [0.4, 0.5) is 13.2 Å². The van der Waals surface area contributed by atoms with Crippen LogP contribution in [0.5, 0.6) is 11.5 Å². The van der Waals surface area contributed by atoms with Crippen molar-refractivity contribution >= 4 is 12.0 Å². The first-order valence-electron chi connectivity index (χ1n) is 4.81. The maximum atomic E-state index is 12.7. The van der Waals surface area contributed by atoms with Crippen LogP contribution in [0.3, 0.4) is 0 Å². The van der Waals surface area contributed by atoms with Crippen molar-refractivity contribution in [2.24, 2.45) is 0 Å². The second-order valence-corrected chi connectivity index (χ2v) is 3.64. The van der Waals surface area contributed by atoms with Crippen LogP contribution in [0, 0.1) is 0 Å². The predicted molar refractivity (Wildman–Crippen MR) is 54.2 cm³/mol. The van der Waals surface area contributed by atoms with E-state index in [9.17, 15) is 23.1 Å². The Bertz CT molecular complexity index is 534. The van der Waals surface area contributed by atoms with E-state index in [1.54, 1.807) is 0 Å². The first kappa shape index (κ1) is 12.3. The van der Waals surface area contributed by atoms with E-state index in [2.05, 4.69) is 4.74 Å². The maximum absolute atomic E-state index is 12.7. The van der Waals surface area contributed by atoms with Gasteiger partial charge in [0.15, 0.2) is 11.5 Å². The number of aromatic hydroxyl groups is 1. The molecule has 0 fully saturated rings. The van der Waals surface area contributed by atoms with Crippen LogP contribution in [-0.2, 0) is 4.79 Å². The lowest BCUT2D eigenvalue weighted by molar-refractivity contribution is -0.187. The maximum Gasteiger partial charge on any atom is 0.430 e. The van der Waals surface area contributed by atoms with Crippen molar-refractivity contribution in [1.29, 1.82) is 0 Å². The minimum Gasteiger partial charge on any atom is -0.504 e. The SMILES string of the molecule is O=C(O)C1=Cc2cccc(O)c2OC1C(F)(F)F. The molecule has 1 aliphatic heterocycles. The number of carbonyl (C=O) groups is 1. The highest BCUT2D eigenvalue weighted by molar-refractivity contribution is 5.95. The van der Waals surface area contributed by atoms with Crippen molar-refractivity contribution in [1.82, 2.24) is 0 Å². The number of halogens is 3. The first-order valence-corrected chi connectivity index (χ1v) is 4.81. The molecular weight excluding hydrogens is 253 g/mol. The van der Waals surface area contributed by atoms with Crippen LogP contribution < -0.4 is 4.74 Å². The summed E-state index contributed by atoms with van der Waals surface area (Å²) < 4.78 is 42.6. The minimum absolute atomic E-state index is 0.0906. The van der Waals surface area contributed by atoms with E-state index in [-0.39, 0.29) is 11.3 Å². The van der Waals surface area contributed by atoms with Crippen LogP contribution in [0.15, 0.2) is 23.8 Å². The molecule has 0 amide bonds. The Balaban J connectivity index is 2.57. The second kappa shape index (κ2) is 3.94. The second-order valence-electron chi connectivity index (χ2n) is 3.64. The van der Waals surface area contributed by atoms with E-state index in [1.807, 2.05) is 0 Å². The number of hydrogen-bond donors (Lipinski definition) is 2. The Kier molecular flexibility index (Phi) is 2.68. The molecule has 0 aromatic heterocycles. The minimum atomic E-state index is -4.87. The zero-order chi connectivity index (χ0) is 13.5. The Morgan fingerprint density at radius 2 is 2.00 bits per heavy atom. The van der Waals surface area contributed by atoms with E-state index in [0.717, 1.165) is 12.1 Å². The average Bonchev–Trinajstić information content (AvgIpc) is 2.26. The molecule has 2 rings (SSSR count). The van der Waals surface area contributed by atoms with Gasteiger partial charge in [0.1, 0.15) is 0 Å². The summed E-state index contributed by atoms with van der Waals surface area (Å²) in [6.07, 6.45) is -6.61. The summed E-state index contributed by atoms with van der Waals surface area (Å²) in [6, 6.07) is 3.89. The van der Waals surface area contributed by atoms with E-state index in [4.69, 9.17) is 5.11 Å². The number of benzene rings is 1. The van der Waals surface area contributed by atoms with E-state index < -0.39 is 29.6 Å². The summed E-state index contributed by atoms with van der Waals surface area (Å²) in [5.41, 5.74) is -0.825. The fourth-order valence-corrected chi connectivity index (χ4v) is 1.63. The molecule has 0 spiro atoms. The van der Waals surface area contributed by atoms with Gasteiger partial charge in [-0.3, -0.25) is 0 Å². The third-order valence-corrected chi connectivity index (χ3v) is 2.40. The molecule has 0 aliphatic carbocycles. The molecule has 1 heterocycles. The number of alkyl halides is 3. The number of carboxylic acid groups (broad SMARTS) is 1. The standard InChI is InChI=1S/C11H7F3O4/c12-11(13,14)9-6(10(16)17)4-5-2-1-3-7(15)8(5)18-9/h1-4,9,15H,(H,16,17). The van der Waals surface area contributed by atoms with Gasteiger partial charge < -0.3 is 14.9 Å². The summed E-state index contributed by atoms with van der Waals surface area (Å²) >= 11 is 0. The molecule has 0 saturated carbocycles. The van der Waals surface area contributed by atoms with Crippen LogP contribution >= 0.6 is 0 Å². The zero-order valence-corrected chi connectivity index (χ0v) is 8.73. The van der Waals surface area contributed by atoms with E-state index >= 15 is 0 Å². The number of phenolic OH excluding ortho intramolecular Hbond substituents is 1. The van der Waals surface area contributed by atoms with Crippen molar-refractivity contribution in [3.8, 4) is 11.5 Å². The Labute approximate surface area is 98.9 Å². The number of para-hydroxylation sites is 1. The van der Waals surface area contributed by atoms with Crippen molar-refractivity contribution in [3.63, 3.8) is 0 Å². The fraction of sp³-hybridized carbons (Fsp3) is 0.182. The van der Waals surface area contributed by atoms with E-state index in [1.165, 1.54) is 12.1 Å². The molecule has 4 nitrogen and oxygen atoms in total. The molecule has 0 saturated heterocycles. The fourth-order valence-electron chi connectivity index (χ4n) is 1.63. The third kappa shape index (κ3) is 1.99. The van der Waals surface area contributed by atoms with Gasteiger partial charge in [-0.25, -0.2) is 4.79 Å². The van der Waals surface area contributed by atoms with Gasteiger partial charge in [-0.15, -0.1) is 0 Å². The van der Waals surface area contributed by atoms with Gasteiger partial charge in [0.05, 0.1) is 5.57 Å². The average molecular weight is 260 g/mol. The Morgan fingerprint density at radius 1 is 1.33 bits per heavy atom. The number of carboxylic acids is 1. The van der Waals surface area contributed by atoms with Crippen LogP contribution in [-0.4, -0.2) is 28.5 Å². The number of ether oxygens (including phenoxy) is 1. The summed E-state index contributed by atoms with van der Waals surface area (Å²) in [6.45, 7) is 0. The molecule has 1 aliphatic rings. The quantitative estimate of drug-likeness (QED) is 0.812. The van der Waals surface area contributed by atoms with Gasteiger partial charge in [-0.1, -0.05) is 12.1 Å². The molecule has 1 unspecified atom stereocenters. The van der Waals surface area contributed by atoms with Gasteiger partial charge in [0.25, 0.3) is 0 Å². The molecule has 1 aromatic carbocycles. The van der Waals surface area contributed by atoms with Gasteiger partial charge in [-0.05, 0) is 12.1 Å². The number of fused-ring (bicyclic) bond motifs is 1. The topological polar surface area (TPSA) is 66.8 Å². The van der Waals surface area contributed by atoms with Crippen molar-refractivity contribution in [2.45, 2.75) is 12.3 Å². The third-order valence-electron chi connectivity index (χ3n) is 2.40. The molecular formula is C11H7F3O4. The molecule has 18 heavy (non-hydrogen) atoms. The lowest BCUT2D eigenvalue weighted by Gasteiger charge is -2.27. The van der Waals surface area contributed by atoms with Gasteiger partial charge in [-0.2, -0.15) is 13.2 Å². The Hall–Kier alpha value is -2.18. The lowest BCUT2D eigenvalue weighted by atomic mass is 10.0. The molecule has 7 heteroatoms. The summed E-state index contributed by atoms with van der Waals surface area (Å²) in [5.74, 6) is -2.56. The van der Waals surface area contributed by atoms with Crippen molar-refractivity contribution in [3.05, 3.63) is 29.3 Å². The highest BCUT2D eigenvalue weighted by Gasteiger charge is 2.48. The summed E-state index contributed by atoms with van der Waals surface area (Å²) in [5, 5.41) is 18.2. The molecule has 96 valence electrons. The molecule has 1 aromatic rings. The predicted octanol–water partition coefficient (Wildman–Crippen LogP) is 2.18. The zero-order valence-electron chi connectivity index (χ0n) is 8.73. The molecule has 0 bridgehead atoms.